The number of carbonyl (C=O) groups excluding carboxylic acids is 1. The number of aryl methyl sites for hydroxylation is 1. The van der Waals surface area contributed by atoms with Crippen LogP contribution in [0.4, 0.5) is 14.5 Å². The number of nitrogens with one attached hydrogen (secondary N) is 2. The zero-order valence-corrected chi connectivity index (χ0v) is 12.4. The molecule has 0 unspecified atom stereocenters. The van der Waals surface area contributed by atoms with Gasteiger partial charge < -0.3 is 10.3 Å². The third-order valence-corrected chi connectivity index (χ3v) is 4.03. The van der Waals surface area contributed by atoms with Crippen molar-refractivity contribution >= 4 is 11.6 Å². The first-order valence-corrected chi connectivity index (χ1v) is 7.52. The molecule has 1 aromatic heterocycles. The van der Waals surface area contributed by atoms with Crippen LogP contribution in [-0.2, 0) is 24.1 Å². The average molecular weight is 318 g/mol. The van der Waals surface area contributed by atoms with E-state index in [2.05, 4.69) is 10.3 Å². The van der Waals surface area contributed by atoms with Gasteiger partial charge in [-0.15, -0.1) is 0 Å². The molecule has 0 saturated heterocycles. The Hall–Kier alpha value is -2.50. The Morgan fingerprint density at radius 1 is 1.17 bits per heavy atom. The molecule has 2 N–H and O–H groups in total. The van der Waals surface area contributed by atoms with Gasteiger partial charge in [0.1, 0.15) is 17.3 Å². The number of fused-ring (bicyclic) bond motifs is 1. The lowest BCUT2D eigenvalue weighted by atomic mass is 9.94. The predicted octanol–water partition coefficient (Wildman–Crippen LogP) is 2.71. The molecular formula is C17H16F2N2O2. The highest BCUT2D eigenvalue weighted by molar-refractivity contribution is 5.92. The van der Waals surface area contributed by atoms with Gasteiger partial charge in [0, 0.05) is 23.0 Å². The summed E-state index contributed by atoms with van der Waals surface area (Å²) < 4.78 is 27.1. The predicted molar refractivity (Wildman–Crippen MR) is 82.4 cm³/mol. The first kappa shape index (κ1) is 15.4. The molecule has 0 spiro atoms. The maximum Gasteiger partial charge on any atom is 0.229 e. The lowest BCUT2D eigenvalue weighted by Crippen LogP contribution is -2.25. The number of benzene rings is 1. The summed E-state index contributed by atoms with van der Waals surface area (Å²) in [4.78, 5) is 27.5. The quantitative estimate of drug-likeness (QED) is 0.914. The molecule has 6 heteroatoms. The first-order chi connectivity index (χ1) is 11.1. The largest absolute Gasteiger partial charge is 0.364 e. The second-order valence-corrected chi connectivity index (χ2v) is 5.63. The smallest absolute Gasteiger partial charge is 0.229 e. The Morgan fingerprint density at radius 2 is 1.87 bits per heavy atom. The van der Waals surface area contributed by atoms with Crippen LogP contribution in [0.2, 0.25) is 0 Å². The summed E-state index contributed by atoms with van der Waals surface area (Å²) in [7, 11) is 0. The Balaban J connectivity index is 1.80. The van der Waals surface area contributed by atoms with Gasteiger partial charge in [-0.2, -0.15) is 0 Å². The molecule has 1 amide bonds. The van der Waals surface area contributed by atoms with Gasteiger partial charge in [0.15, 0.2) is 5.43 Å². The maximum absolute atomic E-state index is 13.5. The molecule has 0 atom stereocenters. The fourth-order valence-electron chi connectivity index (χ4n) is 2.85. The van der Waals surface area contributed by atoms with Crippen molar-refractivity contribution in [1.82, 2.24) is 4.98 Å². The number of hydrogen-bond acceptors (Lipinski definition) is 2. The van der Waals surface area contributed by atoms with Crippen molar-refractivity contribution in [3.05, 3.63) is 63.1 Å². The highest BCUT2D eigenvalue weighted by atomic mass is 19.1. The number of anilines is 1. The molecule has 1 heterocycles. The highest BCUT2D eigenvalue weighted by Crippen LogP contribution is 2.19. The van der Waals surface area contributed by atoms with Crippen molar-refractivity contribution in [2.24, 2.45) is 0 Å². The van der Waals surface area contributed by atoms with Crippen LogP contribution in [0.1, 0.15) is 29.7 Å². The fourth-order valence-corrected chi connectivity index (χ4v) is 2.85. The number of pyridine rings is 1. The molecule has 23 heavy (non-hydrogen) atoms. The van der Waals surface area contributed by atoms with Crippen LogP contribution in [0.3, 0.4) is 0 Å². The van der Waals surface area contributed by atoms with Crippen molar-refractivity contribution in [1.29, 1.82) is 0 Å². The number of hydrogen-bond donors (Lipinski definition) is 2. The van der Waals surface area contributed by atoms with Crippen molar-refractivity contribution in [3.63, 3.8) is 0 Å². The summed E-state index contributed by atoms with van der Waals surface area (Å²) in [5.74, 6) is -2.33. The van der Waals surface area contributed by atoms with Crippen molar-refractivity contribution in [3.8, 4) is 0 Å². The third-order valence-electron chi connectivity index (χ3n) is 4.03. The van der Waals surface area contributed by atoms with Gasteiger partial charge >= 0.3 is 0 Å². The topological polar surface area (TPSA) is 62.0 Å². The van der Waals surface area contributed by atoms with E-state index < -0.39 is 23.2 Å². The molecule has 1 aliphatic carbocycles. The molecule has 1 aromatic carbocycles. The summed E-state index contributed by atoms with van der Waals surface area (Å²) in [5, 5.41) is 2.19. The van der Waals surface area contributed by atoms with E-state index in [1.165, 1.54) is 12.3 Å². The Kier molecular flexibility index (Phi) is 4.23. The number of halogens is 2. The van der Waals surface area contributed by atoms with Crippen molar-refractivity contribution < 1.29 is 13.6 Å². The van der Waals surface area contributed by atoms with E-state index in [-0.39, 0.29) is 11.8 Å². The molecule has 0 bridgehead atoms. The molecule has 2 aromatic rings. The van der Waals surface area contributed by atoms with Crippen LogP contribution in [0.15, 0.2) is 29.2 Å². The number of H-pyrrole nitrogens is 1. The number of amides is 1. The van der Waals surface area contributed by atoms with Crippen molar-refractivity contribution in [2.45, 2.75) is 32.1 Å². The van der Waals surface area contributed by atoms with E-state index in [0.29, 0.717) is 12.0 Å². The number of para-hydroxylation sites is 1. The summed E-state index contributed by atoms with van der Waals surface area (Å²) in [6.07, 6.45) is 4.81. The molecule has 4 nitrogen and oxygen atoms in total. The third kappa shape index (κ3) is 3.16. The molecule has 1 aliphatic rings. The van der Waals surface area contributed by atoms with Gasteiger partial charge in [-0.25, -0.2) is 8.78 Å². The number of carbonyl (C=O) groups is 1. The summed E-state index contributed by atoms with van der Waals surface area (Å²) >= 11 is 0. The Labute approximate surface area is 131 Å². The van der Waals surface area contributed by atoms with Crippen LogP contribution >= 0.6 is 0 Å². The van der Waals surface area contributed by atoms with E-state index in [0.717, 1.165) is 42.7 Å². The van der Waals surface area contributed by atoms with Crippen LogP contribution in [0, 0.1) is 11.6 Å². The molecule has 120 valence electrons. The van der Waals surface area contributed by atoms with Gasteiger partial charge in [0.05, 0.1) is 6.42 Å². The number of aromatic nitrogens is 1. The number of aromatic amines is 1. The van der Waals surface area contributed by atoms with Crippen LogP contribution < -0.4 is 10.7 Å². The lowest BCUT2D eigenvalue weighted by molar-refractivity contribution is -0.115. The minimum atomic E-state index is -0.849. The highest BCUT2D eigenvalue weighted by Gasteiger charge is 2.18. The van der Waals surface area contributed by atoms with Crippen LogP contribution in [0.5, 0.6) is 0 Å². The molecule has 0 radical (unpaired) electrons. The second-order valence-electron chi connectivity index (χ2n) is 5.63. The monoisotopic (exact) mass is 318 g/mol. The van der Waals surface area contributed by atoms with Crippen LogP contribution in [-0.4, -0.2) is 10.9 Å². The average Bonchev–Trinajstić information content (AvgIpc) is 2.54. The van der Waals surface area contributed by atoms with E-state index in [1.54, 1.807) is 0 Å². The first-order valence-electron chi connectivity index (χ1n) is 7.52. The number of rotatable bonds is 3. The maximum atomic E-state index is 13.5. The molecule has 0 aliphatic heterocycles. The summed E-state index contributed by atoms with van der Waals surface area (Å²) in [6, 6.07) is 3.34. The normalized spacial score (nSPS) is 13.5. The van der Waals surface area contributed by atoms with Gasteiger partial charge in [-0.1, -0.05) is 6.07 Å². The Morgan fingerprint density at radius 3 is 2.61 bits per heavy atom. The summed E-state index contributed by atoms with van der Waals surface area (Å²) in [5.41, 5.74) is 1.30. The fraction of sp³-hybridized carbons (Fsp3) is 0.294. The molecular weight excluding hydrogens is 302 g/mol. The van der Waals surface area contributed by atoms with E-state index >= 15 is 0 Å². The standard InChI is InChI=1S/C17H16F2N2O2/c18-12-5-3-6-13(19)16(12)21-15(22)8-10-9-20-14-7-2-1-4-11(14)17(10)23/h3,5-6,9H,1-2,4,7-8H2,(H,20,23)(H,21,22). The van der Waals surface area contributed by atoms with Gasteiger partial charge in [-0.05, 0) is 37.8 Å². The molecule has 0 saturated carbocycles. The zero-order chi connectivity index (χ0) is 16.4. The van der Waals surface area contributed by atoms with Crippen LogP contribution in [0.25, 0.3) is 0 Å². The summed E-state index contributed by atoms with van der Waals surface area (Å²) in [6.45, 7) is 0. The molecule has 3 rings (SSSR count). The van der Waals surface area contributed by atoms with E-state index in [1.807, 2.05) is 0 Å². The minimum absolute atomic E-state index is 0.150. The second kappa shape index (κ2) is 6.32. The van der Waals surface area contributed by atoms with E-state index in [4.69, 9.17) is 0 Å². The van der Waals surface area contributed by atoms with E-state index in [9.17, 15) is 18.4 Å². The Bertz CT molecular complexity index is 794. The minimum Gasteiger partial charge on any atom is -0.364 e. The molecule has 0 fully saturated rings. The lowest BCUT2D eigenvalue weighted by Gasteiger charge is -2.15. The van der Waals surface area contributed by atoms with Gasteiger partial charge in [0.2, 0.25) is 5.91 Å². The van der Waals surface area contributed by atoms with Gasteiger partial charge in [0.25, 0.3) is 0 Å². The van der Waals surface area contributed by atoms with Gasteiger partial charge in [-0.3, -0.25) is 9.59 Å². The SMILES string of the molecule is O=C(Cc1c[nH]c2c(c1=O)CCCC2)Nc1c(F)cccc1F. The zero-order valence-electron chi connectivity index (χ0n) is 12.4. The van der Waals surface area contributed by atoms with Crippen molar-refractivity contribution in [2.75, 3.05) is 5.32 Å².